The van der Waals surface area contributed by atoms with Gasteiger partial charge in [-0.2, -0.15) is 0 Å². The van der Waals surface area contributed by atoms with Crippen molar-refractivity contribution in [3.8, 4) is 0 Å². The highest BCUT2D eigenvalue weighted by molar-refractivity contribution is 5.94. The van der Waals surface area contributed by atoms with Crippen LogP contribution in [0, 0.1) is 0 Å². The first kappa shape index (κ1) is 13.6. The number of carbonyl (C=O) groups is 2. The van der Waals surface area contributed by atoms with Crippen molar-refractivity contribution in [3.05, 3.63) is 17.5 Å². The molecule has 0 unspecified atom stereocenters. The molecule has 0 radical (unpaired) electrons. The Kier molecular flexibility index (Phi) is 4.54. The zero-order valence-corrected chi connectivity index (χ0v) is 10.7. The van der Waals surface area contributed by atoms with Crippen LogP contribution in [0.1, 0.15) is 66.0 Å². The highest BCUT2D eigenvalue weighted by Gasteiger charge is 2.19. The number of carboxylic acid groups (broad SMARTS) is 1. The van der Waals surface area contributed by atoms with Crippen molar-refractivity contribution in [1.82, 2.24) is 10.5 Å². The summed E-state index contributed by atoms with van der Waals surface area (Å²) in [7, 11) is 0. The van der Waals surface area contributed by atoms with Crippen LogP contribution in [0.4, 0.5) is 0 Å². The second-order valence-corrected chi connectivity index (χ2v) is 4.90. The highest BCUT2D eigenvalue weighted by atomic mass is 16.5. The zero-order chi connectivity index (χ0) is 13.7. The lowest BCUT2D eigenvalue weighted by molar-refractivity contribution is 0.0651. The van der Waals surface area contributed by atoms with Crippen molar-refractivity contribution in [2.75, 3.05) is 0 Å². The lowest BCUT2D eigenvalue weighted by atomic mass is 9.96. The van der Waals surface area contributed by atoms with Crippen LogP contribution in [0.5, 0.6) is 0 Å². The van der Waals surface area contributed by atoms with Crippen LogP contribution < -0.4 is 5.32 Å². The minimum atomic E-state index is -1.22. The van der Waals surface area contributed by atoms with Crippen LogP contribution >= 0.6 is 0 Å². The number of carbonyl (C=O) groups excluding carboxylic acids is 1. The molecule has 0 aliphatic heterocycles. The molecule has 0 aromatic carbocycles. The molecule has 2 rings (SSSR count). The lowest BCUT2D eigenvalue weighted by Crippen LogP contribution is -2.35. The Morgan fingerprint density at radius 3 is 2.42 bits per heavy atom. The number of aromatic nitrogens is 1. The lowest BCUT2D eigenvalue weighted by Gasteiger charge is -2.20. The second-order valence-electron chi connectivity index (χ2n) is 4.90. The molecular formula is C13H18N2O4. The molecule has 1 amide bonds. The van der Waals surface area contributed by atoms with Crippen molar-refractivity contribution < 1.29 is 19.2 Å². The fourth-order valence-corrected chi connectivity index (χ4v) is 2.34. The molecule has 2 N–H and O–H groups in total. The largest absolute Gasteiger partial charge is 0.475 e. The van der Waals surface area contributed by atoms with Crippen LogP contribution in [0.3, 0.4) is 0 Å². The summed E-state index contributed by atoms with van der Waals surface area (Å²) in [4.78, 5) is 22.6. The fourth-order valence-electron chi connectivity index (χ4n) is 2.34. The van der Waals surface area contributed by atoms with Crippen LogP contribution in [0.25, 0.3) is 0 Å². The minimum absolute atomic E-state index is 0.0273. The monoisotopic (exact) mass is 266 g/mol. The Morgan fingerprint density at radius 1 is 1.21 bits per heavy atom. The molecule has 1 heterocycles. The van der Waals surface area contributed by atoms with Crippen LogP contribution in [-0.4, -0.2) is 28.2 Å². The Bertz CT molecular complexity index is 447. The average Bonchev–Trinajstić information content (AvgIpc) is 2.82. The van der Waals surface area contributed by atoms with Gasteiger partial charge in [0.1, 0.15) is 0 Å². The molecule has 1 aliphatic carbocycles. The van der Waals surface area contributed by atoms with Gasteiger partial charge in [0.25, 0.3) is 5.91 Å². The van der Waals surface area contributed by atoms with Gasteiger partial charge in [-0.25, -0.2) is 4.79 Å². The quantitative estimate of drug-likeness (QED) is 0.875. The van der Waals surface area contributed by atoms with E-state index in [1.807, 2.05) is 0 Å². The van der Waals surface area contributed by atoms with E-state index in [0.29, 0.717) is 0 Å². The molecule has 1 fully saturated rings. The number of hydrogen-bond acceptors (Lipinski definition) is 4. The summed E-state index contributed by atoms with van der Waals surface area (Å²) in [5.41, 5.74) is 0.0273. The van der Waals surface area contributed by atoms with Gasteiger partial charge in [0, 0.05) is 12.1 Å². The van der Waals surface area contributed by atoms with Gasteiger partial charge in [-0.05, 0) is 12.8 Å². The summed E-state index contributed by atoms with van der Waals surface area (Å²) < 4.78 is 4.57. The molecule has 104 valence electrons. The van der Waals surface area contributed by atoms with Gasteiger partial charge in [0.05, 0.1) is 0 Å². The number of aromatic carboxylic acids is 1. The standard InChI is InChI=1S/C13H18N2O4/c16-12(10-8-11(13(17)18)19-15-10)14-9-6-4-2-1-3-5-7-9/h8-9H,1-7H2,(H,14,16)(H,17,18). The number of nitrogens with one attached hydrogen (secondary N) is 1. The summed E-state index contributed by atoms with van der Waals surface area (Å²) in [6, 6.07) is 1.30. The molecular weight excluding hydrogens is 248 g/mol. The van der Waals surface area contributed by atoms with Crippen LogP contribution in [0.15, 0.2) is 10.6 Å². The summed E-state index contributed by atoms with van der Waals surface area (Å²) in [5.74, 6) is -1.90. The van der Waals surface area contributed by atoms with Gasteiger partial charge in [0.2, 0.25) is 5.76 Å². The third-order valence-electron chi connectivity index (χ3n) is 3.39. The van der Waals surface area contributed by atoms with E-state index in [2.05, 4.69) is 15.0 Å². The number of amides is 1. The summed E-state index contributed by atoms with van der Waals surface area (Å²) in [6.45, 7) is 0. The van der Waals surface area contributed by atoms with Crippen molar-refractivity contribution in [1.29, 1.82) is 0 Å². The van der Waals surface area contributed by atoms with Gasteiger partial charge >= 0.3 is 5.97 Å². The normalized spacial score (nSPS) is 17.5. The maximum absolute atomic E-state index is 11.9. The van der Waals surface area contributed by atoms with Crippen LogP contribution in [-0.2, 0) is 0 Å². The van der Waals surface area contributed by atoms with Gasteiger partial charge in [-0.1, -0.05) is 37.3 Å². The van der Waals surface area contributed by atoms with E-state index in [1.165, 1.54) is 19.3 Å². The molecule has 1 saturated carbocycles. The fraction of sp³-hybridized carbons (Fsp3) is 0.615. The Morgan fingerprint density at radius 2 is 1.84 bits per heavy atom. The van der Waals surface area contributed by atoms with Gasteiger partial charge in [-0.3, -0.25) is 4.79 Å². The zero-order valence-electron chi connectivity index (χ0n) is 10.7. The van der Waals surface area contributed by atoms with Crippen molar-refractivity contribution in [3.63, 3.8) is 0 Å². The maximum atomic E-state index is 11.9. The molecule has 1 aliphatic rings. The highest BCUT2D eigenvalue weighted by Crippen LogP contribution is 2.17. The Labute approximate surface area is 111 Å². The molecule has 0 saturated heterocycles. The number of carboxylic acids is 1. The van der Waals surface area contributed by atoms with E-state index < -0.39 is 5.97 Å². The average molecular weight is 266 g/mol. The molecule has 1 aromatic rings. The smallest absolute Gasteiger partial charge is 0.374 e. The van der Waals surface area contributed by atoms with E-state index in [1.54, 1.807) is 0 Å². The molecule has 0 bridgehead atoms. The van der Waals surface area contributed by atoms with Gasteiger partial charge < -0.3 is 14.9 Å². The number of nitrogens with zero attached hydrogens (tertiary/aromatic N) is 1. The van der Waals surface area contributed by atoms with Gasteiger partial charge in [-0.15, -0.1) is 0 Å². The maximum Gasteiger partial charge on any atom is 0.374 e. The first-order chi connectivity index (χ1) is 9.16. The summed E-state index contributed by atoms with van der Waals surface area (Å²) in [6.07, 6.45) is 7.85. The van der Waals surface area contributed by atoms with E-state index in [-0.39, 0.29) is 23.4 Å². The van der Waals surface area contributed by atoms with Crippen molar-refractivity contribution >= 4 is 11.9 Å². The third-order valence-corrected chi connectivity index (χ3v) is 3.39. The molecule has 6 nitrogen and oxygen atoms in total. The summed E-state index contributed by atoms with van der Waals surface area (Å²) >= 11 is 0. The number of hydrogen-bond donors (Lipinski definition) is 2. The van der Waals surface area contributed by atoms with E-state index >= 15 is 0 Å². The predicted molar refractivity (Wildman–Crippen MR) is 67.0 cm³/mol. The third kappa shape index (κ3) is 3.81. The van der Waals surface area contributed by atoms with E-state index in [9.17, 15) is 9.59 Å². The second kappa shape index (κ2) is 6.36. The molecule has 6 heteroatoms. The minimum Gasteiger partial charge on any atom is -0.475 e. The van der Waals surface area contributed by atoms with Gasteiger partial charge in [0.15, 0.2) is 5.69 Å². The first-order valence-corrected chi connectivity index (χ1v) is 6.67. The van der Waals surface area contributed by atoms with Crippen molar-refractivity contribution in [2.24, 2.45) is 0 Å². The molecule has 19 heavy (non-hydrogen) atoms. The SMILES string of the molecule is O=C(NC1CCCCCCC1)c1cc(C(=O)O)on1. The summed E-state index contributed by atoms with van der Waals surface area (Å²) in [5, 5.41) is 15.1. The molecule has 0 spiro atoms. The molecule has 0 atom stereocenters. The topological polar surface area (TPSA) is 92.4 Å². The van der Waals surface area contributed by atoms with E-state index in [4.69, 9.17) is 5.11 Å². The Balaban J connectivity index is 1.93. The number of rotatable bonds is 3. The predicted octanol–water partition coefficient (Wildman–Crippen LogP) is 2.22. The van der Waals surface area contributed by atoms with E-state index in [0.717, 1.165) is 31.7 Å². The van der Waals surface area contributed by atoms with Crippen LogP contribution in [0.2, 0.25) is 0 Å². The van der Waals surface area contributed by atoms with Crippen molar-refractivity contribution in [2.45, 2.75) is 51.0 Å². The first-order valence-electron chi connectivity index (χ1n) is 6.67. The Hall–Kier alpha value is -1.85. The molecule has 1 aromatic heterocycles.